The maximum absolute atomic E-state index is 11.7. The molecule has 0 saturated heterocycles. The van der Waals surface area contributed by atoms with Gasteiger partial charge in [0, 0.05) is 12.7 Å². The summed E-state index contributed by atoms with van der Waals surface area (Å²) in [6.07, 6.45) is 1.12. The number of likely N-dealkylation sites (N-methyl/N-ethyl adjacent to an activating group) is 1. The number of rotatable bonds is 6. The smallest absolute Gasteiger partial charge is 0.354 e. The third kappa shape index (κ3) is 4.93. The number of carbonyl (C=O) groups is 3. The van der Waals surface area contributed by atoms with E-state index < -0.39 is 11.9 Å². The summed E-state index contributed by atoms with van der Waals surface area (Å²) in [6, 6.07) is 6.94. The molecule has 0 unspecified atom stereocenters. The van der Waals surface area contributed by atoms with Gasteiger partial charge in [-0.2, -0.15) is 0 Å². The van der Waals surface area contributed by atoms with Crippen LogP contribution in [0.25, 0.3) is 0 Å². The molecular weight excluding hydrogens is 288 g/mol. The Morgan fingerprint density at radius 1 is 1.14 bits per heavy atom. The standard InChI is InChI=1S/C15H18N2O5/c1-16-13(18)8-10-6-4-5-7-11(10)17-12(15(20)22-3)9-14(19)21-2/h4-7,9,17H,8H2,1-3H3,(H,16,18)/b12-9+. The van der Waals surface area contributed by atoms with Crippen molar-refractivity contribution in [1.82, 2.24) is 5.32 Å². The molecule has 0 spiro atoms. The Morgan fingerprint density at radius 3 is 2.41 bits per heavy atom. The lowest BCUT2D eigenvalue weighted by Crippen LogP contribution is -2.21. The van der Waals surface area contributed by atoms with Crippen molar-refractivity contribution in [2.45, 2.75) is 6.42 Å². The molecule has 0 aliphatic rings. The Balaban J connectivity index is 3.08. The van der Waals surface area contributed by atoms with Crippen LogP contribution in [0.1, 0.15) is 5.56 Å². The Morgan fingerprint density at radius 2 is 1.82 bits per heavy atom. The van der Waals surface area contributed by atoms with E-state index in [0.29, 0.717) is 11.3 Å². The highest BCUT2D eigenvalue weighted by molar-refractivity contribution is 5.99. The molecule has 7 nitrogen and oxygen atoms in total. The minimum absolute atomic E-state index is 0.0845. The van der Waals surface area contributed by atoms with E-state index in [-0.39, 0.29) is 18.0 Å². The zero-order chi connectivity index (χ0) is 16.5. The summed E-state index contributed by atoms with van der Waals surface area (Å²) in [4.78, 5) is 34.6. The molecule has 22 heavy (non-hydrogen) atoms. The summed E-state index contributed by atoms with van der Waals surface area (Å²) >= 11 is 0. The van der Waals surface area contributed by atoms with Crippen molar-refractivity contribution in [2.24, 2.45) is 0 Å². The fraction of sp³-hybridized carbons (Fsp3) is 0.267. The number of benzene rings is 1. The maximum atomic E-state index is 11.7. The number of methoxy groups -OCH3 is 2. The third-order valence-electron chi connectivity index (χ3n) is 2.79. The first kappa shape index (κ1) is 17.2. The summed E-state index contributed by atoms with van der Waals surface area (Å²) in [5.41, 5.74) is 1.10. The van der Waals surface area contributed by atoms with Crippen LogP contribution in [0.4, 0.5) is 5.69 Å². The molecule has 0 aromatic heterocycles. The first-order valence-electron chi connectivity index (χ1n) is 6.45. The number of ether oxygens (including phenoxy) is 2. The van der Waals surface area contributed by atoms with Crippen molar-refractivity contribution in [1.29, 1.82) is 0 Å². The van der Waals surface area contributed by atoms with Gasteiger partial charge in [-0.05, 0) is 11.6 Å². The van der Waals surface area contributed by atoms with Crippen molar-refractivity contribution >= 4 is 23.5 Å². The summed E-state index contributed by atoms with van der Waals surface area (Å²) in [5, 5.41) is 5.32. The minimum Gasteiger partial charge on any atom is -0.466 e. The van der Waals surface area contributed by atoms with Crippen LogP contribution in [0.3, 0.4) is 0 Å². The summed E-state index contributed by atoms with van der Waals surface area (Å²) in [6.45, 7) is 0. The molecule has 0 heterocycles. The van der Waals surface area contributed by atoms with Crippen molar-refractivity contribution in [3.63, 3.8) is 0 Å². The predicted molar refractivity (Wildman–Crippen MR) is 80.0 cm³/mol. The van der Waals surface area contributed by atoms with Gasteiger partial charge in [0.1, 0.15) is 5.70 Å². The topological polar surface area (TPSA) is 93.7 Å². The number of amides is 1. The van der Waals surface area contributed by atoms with Gasteiger partial charge < -0.3 is 20.1 Å². The minimum atomic E-state index is -0.722. The molecule has 0 bridgehead atoms. The van der Waals surface area contributed by atoms with Crippen LogP contribution in [0, 0.1) is 0 Å². The summed E-state index contributed by atoms with van der Waals surface area (Å²) in [5.74, 6) is -1.59. The Labute approximate surface area is 128 Å². The normalized spacial score (nSPS) is 10.6. The molecule has 1 aromatic carbocycles. The number of hydrogen-bond acceptors (Lipinski definition) is 6. The number of para-hydroxylation sites is 1. The van der Waals surface area contributed by atoms with Gasteiger partial charge in [-0.1, -0.05) is 18.2 Å². The molecule has 0 atom stereocenters. The quantitative estimate of drug-likeness (QED) is 0.591. The average Bonchev–Trinajstić information content (AvgIpc) is 2.54. The summed E-state index contributed by atoms with van der Waals surface area (Å²) < 4.78 is 9.11. The molecule has 118 valence electrons. The Bertz CT molecular complexity index is 595. The third-order valence-corrected chi connectivity index (χ3v) is 2.79. The van der Waals surface area contributed by atoms with E-state index in [9.17, 15) is 14.4 Å². The maximum Gasteiger partial charge on any atom is 0.354 e. The number of anilines is 1. The lowest BCUT2D eigenvalue weighted by molar-refractivity contribution is -0.138. The van der Waals surface area contributed by atoms with Gasteiger partial charge in [0.2, 0.25) is 5.91 Å². The van der Waals surface area contributed by atoms with E-state index in [1.165, 1.54) is 21.3 Å². The molecular formula is C15H18N2O5. The van der Waals surface area contributed by atoms with Crippen molar-refractivity contribution in [2.75, 3.05) is 26.6 Å². The lowest BCUT2D eigenvalue weighted by Gasteiger charge is -2.13. The van der Waals surface area contributed by atoms with Gasteiger partial charge in [-0.15, -0.1) is 0 Å². The number of nitrogens with one attached hydrogen (secondary N) is 2. The predicted octanol–water partition coefficient (Wildman–Crippen LogP) is 0.617. The van der Waals surface area contributed by atoms with Crippen LogP contribution in [-0.4, -0.2) is 39.1 Å². The first-order valence-corrected chi connectivity index (χ1v) is 6.45. The highest BCUT2D eigenvalue weighted by Gasteiger charge is 2.15. The molecule has 0 aliphatic carbocycles. The molecule has 1 amide bonds. The zero-order valence-electron chi connectivity index (χ0n) is 12.6. The molecule has 0 saturated carbocycles. The SMILES string of the molecule is CNC(=O)Cc1ccccc1N/C(=C/C(=O)OC)C(=O)OC. The molecule has 1 aromatic rings. The van der Waals surface area contributed by atoms with Crippen LogP contribution >= 0.6 is 0 Å². The molecule has 1 rings (SSSR count). The van der Waals surface area contributed by atoms with Gasteiger partial charge in [0.25, 0.3) is 0 Å². The van der Waals surface area contributed by atoms with Gasteiger partial charge in [0.15, 0.2) is 0 Å². The van der Waals surface area contributed by atoms with Crippen LogP contribution in [0.5, 0.6) is 0 Å². The van der Waals surface area contributed by atoms with Gasteiger partial charge in [0.05, 0.1) is 26.7 Å². The van der Waals surface area contributed by atoms with E-state index >= 15 is 0 Å². The molecule has 0 fully saturated rings. The monoisotopic (exact) mass is 306 g/mol. The fourth-order valence-electron chi connectivity index (χ4n) is 1.64. The van der Waals surface area contributed by atoms with Gasteiger partial charge in [-0.25, -0.2) is 9.59 Å². The lowest BCUT2D eigenvalue weighted by atomic mass is 10.1. The number of esters is 2. The largest absolute Gasteiger partial charge is 0.466 e. The second-order valence-electron chi connectivity index (χ2n) is 4.20. The molecule has 0 aliphatic heterocycles. The van der Waals surface area contributed by atoms with E-state index in [0.717, 1.165) is 6.08 Å². The second kappa shape index (κ2) is 8.46. The van der Waals surface area contributed by atoms with Gasteiger partial charge in [-0.3, -0.25) is 4.79 Å². The van der Waals surface area contributed by atoms with Crippen molar-refractivity contribution in [3.8, 4) is 0 Å². The number of carbonyl (C=O) groups excluding carboxylic acids is 3. The molecule has 0 radical (unpaired) electrons. The average molecular weight is 306 g/mol. The van der Waals surface area contributed by atoms with E-state index in [1.807, 2.05) is 0 Å². The molecule has 7 heteroatoms. The van der Waals surface area contributed by atoms with Crippen LogP contribution in [0.15, 0.2) is 36.0 Å². The van der Waals surface area contributed by atoms with E-state index in [1.54, 1.807) is 24.3 Å². The highest BCUT2D eigenvalue weighted by atomic mass is 16.5. The van der Waals surface area contributed by atoms with Crippen LogP contribution < -0.4 is 10.6 Å². The van der Waals surface area contributed by atoms with Crippen LogP contribution in [0.2, 0.25) is 0 Å². The number of hydrogen-bond donors (Lipinski definition) is 2. The highest BCUT2D eigenvalue weighted by Crippen LogP contribution is 2.18. The summed E-state index contributed by atoms with van der Waals surface area (Å²) in [7, 11) is 3.94. The fourth-order valence-corrected chi connectivity index (χ4v) is 1.64. The zero-order valence-corrected chi connectivity index (χ0v) is 12.6. The van der Waals surface area contributed by atoms with Gasteiger partial charge >= 0.3 is 11.9 Å². The van der Waals surface area contributed by atoms with E-state index in [2.05, 4.69) is 20.1 Å². The first-order chi connectivity index (χ1) is 10.5. The van der Waals surface area contributed by atoms with Crippen LogP contribution in [-0.2, 0) is 30.3 Å². The van der Waals surface area contributed by atoms with Crippen molar-refractivity contribution in [3.05, 3.63) is 41.6 Å². The van der Waals surface area contributed by atoms with E-state index in [4.69, 9.17) is 0 Å². The second-order valence-corrected chi connectivity index (χ2v) is 4.20. The Kier molecular flexibility index (Phi) is 6.62. The van der Waals surface area contributed by atoms with Crippen molar-refractivity contribution < 1.29 is 23.9 Å². The Hall–Kier alpha value is -2.83. The molecule has 2 N–H and O–H groups in total.